The summed E-state index contributed by atoms with van der Waals surface area (Å²) < 4.78 is 10.4. The molecule has 0 fully saturated rings. The van der Waals surface area contributed by atoms with Crippen molar-refractivity contribution in [2.75, 3.05) is 12.5 Å². The van der Waals surface area contributed by atoms with E-state index in [4.69, 9.17) is 14.6 Å². The second kappa shape index (κ2) is 4.02. The Morgan fingerprint density at radius 2 is 2.13 bits per heavy atom. The standard InChI is InChI=1S/C10H10O4S/c1-6-2-7-8(14-5-13-7)3-9(6)15-4-10(11)12/h2-3H,4-5H2,1H3,(H,11,12). The molecule has 2 rings (SSSR count). The van der Waals surface area contributed by atoms with Crippen molar-refractivity contribution in [1.29, 1.82) is 0 Å². The Morgan fingerprint density at radius 1 is 1.47 bits per heavy atom. The van der Waals surface area contributed by atoms with Gasteiger partial charge in [-0.25, -0.2) is 0 Å². The van der Waals surface area contributed by atoms with E-state index in [-0.39, 0.29) is 12.5 Å². The maximum absolute atomic E-state index is 10.4. The molecule has 0 radical (unpaired) electrons. The first kappa shape index (κ1) is 10.2. The largest absolute Gasteiger partial charge is 0.481 e. The molecule has 1 N–H and O–H groups in total. The number of thioether (sulfide) groups is 1. The summed E-state index contributed by atoms with van der Waals surface area (Å²) in [5.74, 6) is 0.651. The first-order valence-corrected chi connectivity index (χ1v) is 5.40. The summed E-state index contributed by atoms with van der Waals surface area (Å²) in [6.45, 7) is 2.16. The van der Waals surface area contributed by atoms with Gasteiger partial charge in [0.2, 0.25) is 6.79 Å². The summed E-state index contributed by atoms with van der Waals surface area (Å²) in [6, 6.07) is 3.69. The monoisotopic (exact) mass is 226 g/mol. The maximum Gasteiger partial charge on any atom is 0.313 e. The van der Waals surface area contributed by atoms with Gasteiger partial charge >= 0.3 is 5.97 Å². The van der Waals surface area contributed by atoms with Gasteiger partial charge in [0.05, 0.1) is 5.75 Å². The van der Waals surface area contributed by atoms with Gasteiger partial charge in [-0.15, -0.1) is 11.8 Å². The van der Waals surface area contributed by atoms with Crippen LogP contribution in [-0.2, 0) is 4.79 Å². The molecule has 1 aromatic carbocycles. The first-order valence-electron chi connectivity index (χ1n) is 4.41. The quantitative estimate of drug-likeness (QED) is 0.798. The van der Waals surface area contributed by atoms with Crippen LogP contribution in [-0.4, -0.2) is 23.6 Å². The van der Waals surface area contributed by atoms with Crippen LogP contribution in [0.5, 0.6) is 11.5 Å². The fourth-order valence-electron chi connectivity index (χ4n) is 1.32. The zero-order chi connectivity index (χ0) is 10.8. The molecule has 0 bridgehead atoms. The van der Waals surface area contributed by atoms with E-state index >= 15 is 0 Å². The Kier molecular flexibility index (Phi) is 2.73. The van der Waals surface area contributed by atoms with Gasteiger partial charge in [0.25, 0.3) is 0 Å². The second-order valence-corrected chi connectivity index (χ2v) is 4.17. The van der Waals surface area contributed by atoms with Crippen LogP contribution in [0.25, 0.3) is 0 Å². The molecule has 5 heteroatoms. The molecule has 1 aliphatic heterocycles. The third-order valence-corrected chi connectivity index (χ3v) is 3.16. The molecular formula is C10H10O4S. The molecular weight excluding hydrogens is 216 g/mol. The van der Waals surface area contributed by atoms with Crippen molar-refractivity contribution in [3.05, 3.63) is 17.7 Å². The molecule has 0 spiro atoms. The Morgan fingerprint density at radius 3 is 2.80 bits per heavy atom. The smallest absolute Gasteiger partial charge is 0.313 e. The molecule has 0 saturated carbocycles. The molecule has 1 heterocycles. The Labute approximate surface area is 91.2 Å². The van der Waals surface area contributed by atoms with E-state index in [2.05, 4.69) is 0 Å². The van der Waals surface area contributed by atoms with Crippen LogP contribution in [0.15, 0.2) is 17.0 Å². The number of hydrogen-bond acceptors (Lipinski definition) is 4. The highest BCUT2D eigenvalue weighted by Gasteiger charge is 2.16. The van der Waals surface area contributed by atoms with E-state index in [9.17, 15) is 4.79 Å². The number of aliphatic carboxylic acids is 1. The molecule has 0 atom stereocenters. The minimum absolute atomic E-state index is 0.0560. The number of ether oxygens (including phenoxy) is 2. The van der Waals surface area contributed by atoms with Crippen LogP contribution in [0, 0.1) is 6.92 Å². The Balaban J connectivity index is 2.21. The number of fused-ring (bicyclic) bond motifs is 1. The van der Waals surface area contributed by atoms with Gasteiger partial charge in [0.1, 0.15) is 0 Å². The van der Waals surface area contributed by atoms with E-state index in [1.165, 1.54) is 11.8 Å². The van der Waals surface area contributed by atoms with Crippen molar-refractivity contribution in [1.82, 2.24) is 0 Å². The van der Waals surface area contributed by atoms with Crippen molar-refractivity contribution in [3.63, 3.8) is 0 Å². The highest BCUT2D eigenvalue weighted by molar-refractivity contribution is 8.00. The van der Waals surface area contributed by atoms with E-state index in [0.29, 0.717) is 5.75 Å². The zero-order valence-corrected chi connectivity index (χ0v) is 8.97. The highest BCUT2D eigenvalue weighted by atomic mass is 32.2. The number of carbonyl (C=O) groups is 1. The molecule has 1 aromatic rings. The average Bonchev–Trinajstić information content (AvgIpc) is 2.60. The molecule has 15 heavy (non-hydrogen) atoms. The summed E-state index contributed by atoms with van der Waals surface area (Å²) in [5.41, 5.74) is 1.01. The summed E-state index contributed by atoms with van der Waals surface area (Å²) in [6.07, 6.45) is 0. The van der Waals surface area contributed by atoms with Crippen LogP contribution in [0.2, 0.25) is 0 Å². The first-order chi connectivity index (χ1) is 7.16. The molecule has 1 aliphatic rings. The van der Waals surface area contributed by atoms with Crippen LogP contribution < -0.4 is 9.47 Å². The number of carboxylic acid groups (broad SMARTS) is 1. The minimum atomic E-state index is -0.822. The normalized spacial score (nSPS) is 12.9. The number of rotatable bonds is 3. The predicted molar refractivity (Wildman–Crippen MR) is 55.7 cm³/mol. The molecule has 80 valence electrons. The highest BCUT2D eigenvalue weighted by Crippen LogP contribution is 2.37. The fraction of sp³-hybridized carbons (Fsp3) is 0.300. The average molecular weight is 226 g/mol. The lowest BCUT2D eigenvalue weighted by Crippen LogP contribution is -1.97. The number of benzene rings is 1. The van der Waals surface area contributed by atoms with Gasteiger partial charge in [-0.3, -0.25) is 4.79 Å². The molecule has 0 saturated heterocycles. The van der Waals surface area contributed by atoms with Gasteiger partial charge < -0.3 is 14.6 Å². The van der Waals surface area contributed by atoms with Crippen molar-refractivity contribution in [2.24, 2.45) is 0 Å². The van der Waals surface area contributed by atoms with Gasteiger partial charge in [-0.05, 0) is 24.6 Å². The van der Waals surface area contributed by atoms with Crippen molar-refractivity contribution >= 4 is 17.7 Å². The number of hydrogen-bond donors (Lipinski definition) is 1. The van der Waals surface area contributed by atoms with Crippen LogP contribution in [0.4, 0.5) is 0 Å². The fourth-order valence-corrected chi connectivity index (χ4v) is 2.08. The van der Waals surface area contributed by atoms with Gasteiger partial charge in [-0.2, -0.15) is 0 Å². The Hall–Kier alpha value is -1.36. The molecule has 0 amide bonds. The van der Waals surface area contributed by atoms with E-state index in [1.54, 1.807) is 0 Å². The van der Waals surface area contributed by atoms with Crippen LogP contribution in [0.3, 0.4) is 0 Å². The number of carboxylic acids is 1. The lowest BCUT2D eigenvalue weighted by molar-refractivity contribution is -0.133. The third-order valence-electron chi connectivity index (χ3n) is 2.02. The number of aryl methyl sites for hydroxylation is 1. The minimum Gasteiger partial charge on any atom is -0.481 e. The third kappa shape index (κ3) is 2.18. The van der Waals surface area contributed by atoms with Crippen molar-refractivity contribution < 1.29 is 19.4 Å². The molecule has 0 unspecified atom stereocenters. The topological polar surface area (TPSA) is 55.8 Å². The molecule has 4 nitrogen and oxygen atoms in total. The SMILES string of the molecule is Cc1cc2c(cc1SCC(=O)O)OCO2. The van der Waals surface area contributed by atoms with E-state index in [1.807, 2.05) is 19.1 Å². The molecule has 0 aliphatic carbocycles. The lowest BCUT2D eigenvalue weighted by atomic mass is 10.2. The van der Waals surface area contributed by atoms with Crippen LogP contribution in [0.1, 0.15) is 5.56 Å². The van der Waals surface area contributed by atoms with E-state index in [0.717, 1.165) is 16.2 Å². The maximum atomic E-state index is 10.4. The summed E-state index contributed by atoms with van der Waals surface area (Å²) in [7, 11) is 0. The van der Waals surface area contributed by atoms with Gasteiger partial charge in [-0.1, -0.05) is 0 Å². The predicted octanol–water partition coefficient (Wildman–Crippen LogP) is 1.90. The van der Waals surface area contributed by atoms with Crippen molar-refractivity contribution in [2.45, 2.75) is 11.8 Å². The Bertz CT molecular complexity index is 403. The zero-order valence-electron chi connectivity index (χ0n) is 8.15. The molecule has 0 aromatic heterocycles. The van der Waals surface area contributed by atoms with Gasteiger partial charge in [0.15, 0.2) is 11.5 Å². The summed E-state index contributed by atoms with van der Waals surface area (Å²) >= 11 is 1.29. The van der Waals surface area contributed by atoms with E-state index < -0.39 is 5.97 Å². The van der Waals surface area contributed by atoms with Crippen LogP contribution >= 0.6 is 11.8 Å². The van der Waals surface area contributed by atoms with Gasteiger partial charge in [0, 0.05) is 4.90 Å². The van der Waals surface area contributed by atoms with Crippen molar-refractivity contribution in [3.8, 4) is 11.5 Å². The summed E-state index contributed by atoms with van der Waals surface area (Å²) in [5, 5.41) is 8.58. The second-order valence-electron chi connectivity index (χ2n) is 3.15. The summed E-state index contributed by atoms with van der Waals surface area (Å²) in [4.78, 5) is 11.4. The lowest BCUT2D eigenvalue weighted by Gasteiger charge is -2.05.